The molecule has 1 N–H and O–H groups in total. The second kappa shape index (κ2) is 10.1. The fourth-order valence-electron chi connectivity index (χ4n) is 4.54. The summed E-state index contributed by atoms with van der Waals surface area (Å²) in [6.07, 6.45) is 6.20. The third-order valence-electron chi connectivity index (χ3n) is 6.72. The summed E-state index contributed by atoms with van der Waals surface area (Å²) >= 11 is 5.95. The van der Waals surface area contributed by atoms with Crippen LogP contribution in [0.2, 0.25) is 5.02 Å². The summed E-state index contributed by atoms with van der Waals surface area (Å²) in [6.45, 7) is 2.73. The quantitative estimate of drug-likeness (QED) is 0.392. The summed E-state index contributed by atoms with van der Waals surface area (Å²) < 4.78 is 25.5. The molecule has 2 heterocycles. The van der Waals surface area contributed by atoms with Gasteiger partial charge in [0.1, 0.15) is 23.7 Å². The van der Waals surface area contributed by atoms with Crippen LogP contribution in [0.25, 0.3) is 10.9 Å². The Morgan fingerprint density at radius 3 is 2.92 bits per heavy atom. The van der Waals surface area contributed by atoms with Crippen molar-refractivity contribution in [2.45, 2.75) is 12.8 Å². The van der Waals surface area contributed by atoms with Gasteiger partial charge in [-0.3, -0.25) is 4.79 Å². The highest BCUT2D eigenvalue weighted by atomic mass is 35.5. The van der Waals surface area contributed by atoms with Crippen molar-refractivity contribution in [1.29, 1.82) is 0 Å². The lowest BCUT2D eigenvalue weighted by molar-refractivity contribution is -0.114. The van der Waals surface area contributed by atoms with Crippen molar-refractivity contribution < 1.29 is 18.7 Å². The lowest BCUT2D eigenvalue weighted by atomic mass is 10.0. The first kappa shape index (κ1) is 24.6. The molecule has 2 aromatic carbocycles. The molecule has 2 fully saturated rings. The van der Waals surface area contributed by atoms with E-state index in [0.717, 1.165) is 24.0 Å². The molecule has 9 heteroatoms. The largest absolute Gasteiger partial charge is 0.493 e. The molecule has 2 aliphatic rings. The third kappa shape index (κ3) is 5.36. The maximum absolute atomic E-state index is 13.6. The zero-order chi connectivity index (χ0) is 25.3. The van der Waals surface area contributed by atoms with Crippen LogP contribution in [-0.2, 0) is 16.0 Å². The molecule has 2 atom stereocenters. The highest BCUT2D eigenvalue weighted by Gasteiger charge is 2.59. The molecule has 1 aromatic heterocycles. The number of likely N-dealkylation sites (N-methyl/N-ethyl adjacent to an activating group) is 1. The summed E-state index contributed by atoms with van der Waals surface area (Å²) in [5.74, 6) is 1.20. The van der Waals surface area contributed by atoms with E-state index in [1.165, 1.54) is 18.5 Å². The number of rotatable bonds is 10. The lowest BCUT2D eigenvalue weighted by Gasteiger charge is -2.17. The molecule has 3 aromatic rings. The lowest BCUT2D eigenvalue weighted by Crippen LogP contribution is -2.17. The van der Waals surface area contributed by atoms with Crippen molar-refractivity contribution in [3.05, 3.63) is 65.2 Å². The Labute approximate surface area is 214 Å². The number of allylic oxidation sites excluding steroid dienone is 1. The van der Waals surface area contributed by atoms with Gasteiger partial charge >= 0.3 is 0 Å². The number of nitrogens with zero attached hydrogens (tertiary/aromatic N) is 3. The van der Waals surface area contributed by atoms with Crippen molar-refractivity contribution in [3.63, 3.8) is 0 Å². The number of aromatic nitrogens is 2. The summed E-state index contributed by atoms with van der Waals surface area (Å²) in [4.78, 5) is 23.6. The normalized spacial score (nSPS) is 20.8. The third-order valence-corrected chi connectivity index (χ3v) is 7.01. The molecule has 5 rings (SSSR count). The minimum absolute atomic E-state index is 0.0125. The first-order valence-electron chi connectivity index (χ1n) is 11.9. The predicted molar refractivity (Wildman–Crippen MR) is 137 cm³/mol. The van der Waals surface area contributed by atoms with Gasteiger partial charge in [0.05, 0.1) is 30.4 Å². The number of nitrogens with one attached hydrogen (secondary N) is 1. The van der Waals surface area contributed by atoms with Crippen molar-refractivity contribution in [2.75, 3.05) is 45.8 Å². The van der Waals surface area contributed by atoms with E-state index < -0.39 is 5.82 Å². The molecule has 7 nitrogen and oxygen atoms in total. The van der Waals surface area contributed by atoms with Gasteiger partial charge < -0.3 is 19.7 Å². The summed E-state index contributed by atoms with van der Waals surface area (Å²) in [6, 6.07) is 8.12. The van der Waals surface area contributed by atoms with Crippen molar-refractivity contribution in [2.24, 2.45) is 11.3 Å². The number of hydrogen-bond acceptors (Lipinski definition) is 7. The van der Waals surface area contributed by atoms with Gasteiger partial charge in [-0.05, 0) is 56.8 Å². The Balaban J connectivity index is 1.45. The van der Waals surface area contributed by atoms with Gasteiger partial charge in [0, 0.05) is 41.1 Å². The molecule has 36 heavy (non-hydrogen) atoms. The number of carbonyl (C=O) groups excluding carboxylic acids is 1. The number of ether oxygens (including phenoxy) is 2. The SMILES string of the molecule is CN(C)C/C=C/C(=O)Cc1cc2c(Nc3ccc(F)c(Cl)c3)ncnc2cc1OC[C@]12COC[C@H]1C2. The molecule has 0 radical (unpaired) electrons. The minimum Gasteiger partial charge on any atom is -0.493 e. The summed E-state index contributed by atoms with van der Waals surface area (Å²) in [5, 5.41) is 3.92. The smallest absolute Gasteiger partial charge is 0.159 e. The molecule has 1 aliphatic heterocycles. The van der Waals surface area contributed by atoms with Gasteiger partial charge in [-0.1, -0.05) is 17.7 Å². The zero-order valence-electron chi connectivity index (χ0n) is 20.3. The van der Waals surface area contributed by atoms with E-state index in [1.54, 1.807) is 12.1 Å². The first-order valence-corrected chi connectivity index (χ1v) is 12.3. The Kier molecular flexibility index (Phi) is 6.92. The van der Waals surface area contributed by atoms with Crippen molar-refractivity contribution in [1.82, 2.24) is 14.9 Å². The molecule has 1 aliphatic carbocycles. The molecule has 1 saturated carbocycles. The molecule has 188 valence electrons. The van der Waals surface area contributed by atoms with E-state index in [0.29, 0.717) is 48.4 Å². The van der Waals surface area contributed by atoms with Crippen molar-refractivity contribution >= 4 is 39.8 Å². The van der Waals surface area contributed by atoms with Crippen LogP contribution < -0.4 is 10.1 Å². The van der Waals surface area contributed by atoms with Crippen LogP contribution >= 0.6 is 11.6 Å². The van der Waals surface area contributed by atoms with Gasteiger partial charge in [-0.15, -0.1) is 0 Å². The highest BCUT2D eigenvalue weighted by molar-refractivity contribution is 6.31. The highest BCUT2D eigenvalue weighted by Crippen LogP contribution is 2.57. The summed E-state index contributed by atoms with van der Waals surface area (Å²) in [7, 11) is 3.90. The standard InChI is InChI=1S/C27H28ClFN4O3/c1-33(2)7-3-4-20(34)8-17-9-21-24(11-25(17)36-15-27-12-18(27)13-35-14-27)30-16-31-26(21)32-19-5-6-23(29)22(28)10-19/h3-6,9-11,16,18H,7-8,12-15H2,1-2H3,(H,30,31,32)/b4-3+/t18-,27+/m1/s1. The van der Waals surface area contributed by atoms with E-state index >= 15 is 0 Å². The topological polar surface area (TPSA) is 76.6 Å². The van der Waals surface area contributed by atoms with E-state index in [4.69, 9.17) is 21.1 Å². The Hall–Kier alpha value is -3.07. The maximum Gasteiger partial charge on any atom is 0.159 e. The predicted octanol–water partition coefficient (Wildman–Crippen LogP) is 4.81. The van der Waals surface area contributed by atoms with Crippen LogP contribution in [0.5, 0.6) is 5.75 Å². The summed E-state index contributed by atoms with van der Waals surface area (Å²) in [5.41, 5.74) is 2.10. The number of hydrogen-bond donors (Lipinski definition) is 1. The molecule has 0 bridgehead atoms. The van der Waals surface area contributed by atoms with Crippen LogP contribution in [-0.4, -0.2) is 61.1 Å². The molecule has 1 saturated heterocycles. The molecular weight excluding hydrogens is 483 g/mol. The number of benzene rings is 2. The molecule has 0 amide bonds. The first-order chi connectivity index (χ1) is 17.3. The van der Waals surface area contributed by atoms with Gasteiger partial charge in [0.2, 0.25) is 0 Å². The van der Waals surface area contributed by atoms with Gasteiger partial charge in [-0.2, -0.15) is 0 Å². The van der Waals surface area contributed by atoms with Crippen molar-refractivity contribution in [3.8, 4) is 5.75 Å². The van der Waals surface area contributed by atoms with E-state index in [2.05, 4.69) is 15.3 Å². The zero-order valence-corrected chi connectivity index (χ0v) is 21.0. The molecular formula is C27H28ClFN4O3. The monoisotopic (exact) mass is 510 g/mol. The Bertz CT molecular complexity index is 1330. The average Bonchev–Trinajstić information content (AvgIpc) is 3.38. The van der Waals surface area contributed by atoms with Crippen LogP contribution in [0.3, 0.4) is 0 Å². The van der Waals surface area contributed by atoms with Crippen LogP contribution in [0, 0.1) is 17.2 Å². The number of carbonyl (C=O) groups is 1. The second-order valence-corrected chi connectivity index (χ2v) is 10.2. The van der Waals surface area contributed by atoms with E-state index in [-0.39, 0.29) is 22.6 Å². The minimum atomic E-state index is -0.496. The van der Waals surface area contributed by atoms with Crippen LogP contribution in [0.1, 0.15) is 12.0 Å². The Morgan fingerprint density at radius 1 is 1.33 bits per heavy atom. The number of fused-ring (bicyclic) bond motifs is 2. The van der Waals surface area contributed by atoms with Crippen LogP contribution in [0.4, 0.5) is 15.9 Å². The Morgan fingerprint density at radius 2 is 2.19 bits per heavy atom. The number of anilines is 2. The fourth-order valence-corrected chi connectivity index (χ4v) is 4.72. The van der Waals surface area contributed by atoms with Gasteiger partial charge in [-0.25, -0.2) is 14.4 Å². The number of ketones is 1. The second-order valence-electron chi connectivity index (χ2n) is 9.83. The van der Waals surface area contributed by atoms with Gasteiger partial charge in [0.15, 0.2) is 5.78 Å². The average molecular weight is 511 g/mol. The molecule has 0 unspecified atom stereocenters. The fraction of sp³-hybridized carbons (Fsp3) is 0.370. The maximum atomic E-state index is 13.6. The van der Waals surface area contributed by atoms with E-state index in [9.17, 15) is 9.18 Å². The number of halogens is 2. The molecule has 0 spiro atoms. The van der Waals surface area contributed by atoms with Gasteiger partial charge in [0.25, 0.3) is 0 Å². The van der Waals surface area contributed by atoms with E-state index in [1.807, 2.05) is 37.2 Å². The van der Waals surface area contributed by atoms with Crippen LogP contribution in [0.15, 0.2) is 48.8 Å².